The maximum absolute atomic E-state index is 4.58. The van der Waals surface area contributed by atoms with E-state index in [1.807, 2.05) is 24.0 Å². The molecule has 0 amide bonds. The molecule has 1 N–H and O–H groups in total. The van der Waals surface area contributed by atoms with Crippen LogP contribution in [0.3, 0.4) is 0 Å². The van der Waals surface area contributed by atoms with Crippen molar-refractivity contribution in [2.75, 3.05) is 0 Å². The summed E-state index contributed by atoms with van der Waals surface area (Å²) in [7, 11) is 0. The van der Waals surface area contributed by atoms with E-state index in [2.05, 4.69) is 36.1 Å². The molecule has 1 fully saturated rings. The quantitative estimate of drug-likeness (QED) is 0.873. The summed E-state index contributed by atoms with van der Waals surface area (Å²) in [5.41, 5.74) is 1.11. The highest BCUT2D eigenvalue weighted by Gasteiger charge is 2.20. The third-order valence-corrected chi connectivity index (χ3v) is 3.82. The summed E-state index contributed by atoms with van der Waals surface area (Å²) in [5, 5.41) is 3.48. The average molecular weight is 251 g/mol. The molecule has 94 valence electrons. The first-order valence-electron chi connectivity index (χ1n) is 6.21. The highest BCUT2D eigenvalue weighted by molar-refractivity contribution is 7.99. The summed E-state index contributed by atoms with van der Waals surface area (Å²) in [6.45, 7) is 7.53. The fourth-order valence-corrected chi connectivity index (χ4v) is 2.13. The van der Waals surface area contributed by atoms with Crippen molar-refractivity contribution in [3.05, 3.63) is 23.8 Å². The number of hydrogen-bond acceptors (Lipinski definition) is 4. The molecule has 1 aromatic heterocycles. The van der Waals surface area contributed by atoms with Gasteiger partial charge in [0.05, 0.1) is 11.4 Å². The maximum atomic E-state index is 4.58. The van der Waals surface area contributed by atoms with Crippen LogP contribution >= 0.6 is 11.8 Å². The molecule has 1 aromatic rings. The van der Waals surface area contributed by atoms with Crippen LogP contribution in [0.2, 0.25) is 0 Å². The Bertz CT molecular complexity index is 369. The molecule has 0 atom stereocenters. The van der Waals surface area contributed by atoms with Gasteiger partial charge in [-0.15, -0.1) is 11.8 Å². The normalized spacial score (nSPS) is 16.2. The van der Waals surface area contributed by atoms with Crippen LogP contribution in [0.1, 0.15) is 45.1 Å². The van der Waals surface area contributed by atoms with Gasteiger partial charge >= 0.3 is 0 Å². The van der Waals surface area contributed by atoms with E-state index < -0.39 is 0 Å². The Morgan fingerprint density at radius 3 is 2.82 bits per heavy atom. The molecule has 0 radical (unpaired) electrons. The second kappa shape index (κ2) is 5.36. The molecule has 4 heteroatoms. The van der Waals surface area contributed by atoms with Gasteiger partial charge in [0, 0.05) is 23.5 Å². The molecule has 17 heavy (non-hydrogen) atoms. The van der Waals surface area contributed by atoms with Crippen molar-refractivity contribution < 1.29 is 0 Å². The summed E-state index contributed by atoms with van der Waals surface area (Å²) < 4.78 is 0.269. The van der Waals surface area contributed by atoms with Crippen molar-refractivity contribution in [3.63, 3.8) is 0 Å². The molecule has 2 rings (SSSR count). The number of aromatic nitrogens is 2. The lowest BCUT2D eigenvalue weighted by atomic mass is 10.3. The third kappa shape index (κ3) is 5.04. The molecule has 0 unspecified atom stereocenters. The molecule has 0 aliphatic heterocycles. The number of nitrogens with one attached hydrogen (secondary N) is 1. The Balaban J connectivity index is 1.86. The van der Waals surface area contributed by atoms with Crippen LogP contribution in [0.5, 0.6) is 0 Å². The lowest BCUT2D eigenvalue weighted by Gasteiger charge is -2.16. The summed E-state index contributed by atoms with van der Waals surface area (Å²) >= 11 is 1.89. The van der Waals surface area contributed by atoms with Gasteiger partial charge < -0.3 is 5.32 Å². The van der Waals surface area contributed by atoms with Crippen molar-refractivity contribution >= 4 is 11.8 Å². The van der Waals surface area contributed by atoms with E-state index in [1.165, 1.54) is 12.8 Å². The van der Waals surface area contributed by atoms with Gasteiger partial charge in [-0.2, -0.15) is 0 Å². The molecule has 3 nitrogen and oxygen atoms in total. The van der Waals surface area contributed by atoms with Gasteiger partial charge in [0.15, 0.2) is 0 Å². The standard InChI is InChI=1S/C13H21N3S/c1-13(2,3)17-9-12-14-7-6-11(16-12)8-15-10-4-5-10/h6-7,10,15H,4-5,8-9H2,1-3H3. The molecule has 1 heterocycles. The van der Waals surface area contributed by atoms with Crippen LogP contribution in [0.25, 0.3) is 0 Å². The van der Waals surface area contributed by atoms with Gasteiger partial charge in [-0.1, -0.05) is 20.8 Å². The molecule has 0 aromatic carbocycles. The van der Waals surface area contributed by atoms with Gasteiger partial charge in [-0.3, -0.25) is 0 Å². The van der Waals surface area contributed by atoms with Gasteiger partial charge in [0.25, 0.3) is 0 Å². The Morgan fingerprint density at radius 2 is 2.18 bits per heavy atom. The van der Waals surface area contributed by atoms with Crippen LogP contribution in [-0.4, -0.2) is 20.8 Å². The van der Waals surface area contributed by atoms with E-state index in [1.54, 1.807) is 0 Å². The zero-order chi connectivity index (χ0) is 12.3. The Morgan fingerprint density at radius 1 is 1.41 bits per heavy atom. The second-order valence-corrected chi connectivity index (χ2v) is 7.32. The minimum Gasteiger partial charge on any atom is -0.308 e. The maximum Gasteiger partial charge on any atom is 0.138 e. The van der Waals surface area contributed by atoms with Crippen LogP contribution < -0.4 is 5.32 Å². The molecule has 1 saturated carbocycles. The molecule has 0 bridgehead atoms. The van der Waals surface area contributed by atoms with E-state index in [0.29, 0.717) is 0 Å². The molecular weight excluding hydrogens is 230 g/mol. The molecule has 1 aliphatic carbocycles. The van der Waals surface area contributed by atoms with Crippen molar-refractivity contribution in [1.82, 2.24) is 15.3 Å². The lowest BCUT2D eigenvalue weighted by molar-refractivity contribution is 0.669. The zero-order valence-electron chi connectivity index (χ0n) is 10.9. The highest BCUT2D eigenvalue weighted by Crippen LogP contribution is 2.25. The highest BCUT2D eigenvalue weighted by atomic mass is 32.2. The largest absolute Gasteiger partial charge is 0.308 e. The Hall–Kier alpha value is -0.610. The second-order valence-electron chi connectivity index (χ2n) is 5.52. The minimum absolute atomic E-state index is 0.269. The summed E-state index contributed by atoms with van der Waals surface area (Å²) in [6.07, 6.45) is 4.51. The van der Waals surface area contributed by atoms with Crippen LogP contribution in [0.15, 0.2) is 12.3 Å². The van der Waals surface area contributed by atoms with Gasteiger partial charge in [-0.05, 0) is 18.9 Å². The van der Waals surface area contributed by atoms with E-state index >= 15 is 0 Å². The molecule has 0 spiro atoms. The van der Waals surface area contributed by atoms with Crippen molar-refractivity contribution in [2.45, 2.75) is 56.7 Å². The average Bonchev–Trinajstić information content (AvgIpc) is 3.07. The number of hydrogen-bond donors (Lipinski definition) is 1. The summed E-state index contributed by atoms with van der Waals surface area (Å²) in [4.78, 5) is 8.91. The minimum atomic E-state index is 0.269. The first-order valence-corrected chi connectivity index (χ1v) is 7.20. The predicted octanol–water partition coefficient (Wildman–Crippen LogP) is 2.76. The van der Waals surface area contributed by atoms with E-state index in [9.17, 15) is 0 Å². The first kappa shape index (κ1) is 12.8. The fraction of sp³-hybridized carbons (Fsp3) is 0.692. The Kier molecular flexibility index (Phi) is 4.05. The molecular formula is C13H21N3S. The predicted molar refractivity (Wildman–Crippen MR) is 72.9 cm³/mol. The topological polar surface area (TPSA) is 37.8 Å². The molecule has 1 aliphatic rings. The number of thioether (sulfide) groups is 1. The van der Waals surface area contributed by atoms with E-state index in [-0.39, 0.29) is 4.75 Å². The van der Waals surface area contributed by atoms with Crippen LogP contribution in [0.4, 0.5) is 0 Å². The van der Waals surface area contributed by atoms with Crippen molar-refractivity contribution in [1.29, 1.82) is 0 Å². The monoisotopic (exact) mass is 251 g/mol. The van der Waals surface area contributed by atoms with E-state index in [0.717, 1.165) is 29.9 Å². The van der Waals surface area contributed by atoms with Crippen LogP contribution in [-0.2, 0) is 12.3 Å². The van der Waals surface area contributed by atoms with Crippen LogP contribution in [0, 0.1) is 0 Å². The smallest absolute Gasteiger partial charge is 0.138 e. The van der Waals surface area contributed by atoms with Gasteiger partial charge in [0.1, 0.15) is 5.82 Å². The lowest BCUT2D eigenvalue weighted by Crippen LogP contribution is -2.17. The van der Waals surface area contributed by atoms with Crippen molar-refractivity contribution in [3.8, 4) is 0 Å². The Labute approximate surface area is 108 Å². The van der Waals surface area contributed by atoms with Gasteiger partial charge in [-0.25, -0.2) is 9.97 Å². The van der Waals surface area contributed by atoms with E-state index in [4.69, 9.17) is 0 Å². The first-order chi connectivity index (χ1) is 8.03. The number of nitrogens with zero attached hydrogens (tertiary/aromatic N) is 2. The van der Waals surface area contributed by atoms with Crippen molar-refractivity contribution in [2.24, 2.45) is 0 Å². The fourth-order valence-electron chi connectivity index (χ4n) is 1.43. The van der Waals surface area contributed by atoms with Gasteiger partial charge in [0.2, 0.25) is 0 Å². The SMILES string of the molecule is CC(C)(C)SCc1nccc(CNC2CC2)n1. The molecule has 0 saturated heterocycles. The third-order valence-electron chi connectivity index (χ3n) is 2.55. The summed E-state index contributed by atoms with van der Waals surface area (Å²) in [6, 6.07) is 2.73. The zero-order valence-corrected chi connectivity index (χ0v) is 11.7. The summed E-state index contributed by atoms with van der Waals surface area (Å²) in [5.74, 6) is 1.83. The number of rotatable bonds is 5.